The number of hydrazine groups is 1. The van der Waals surface area contributed by atoms with Crippen LogP contribution >= 0.6 is 23.5 Å². The zero-order valence-electron chi connectivity index (χ0n) is 10.4. The van der Waals surface area contributed by atoms with E-state index in [9.17, 15) is 0 Å². The lowest BCUT2D eigenvalue weighted by Crippen LogP contribution is -2.49. The molecule has 0 aromatic carbocycles. The first-order valence-corrected chi connectivity index (χ1v) is 8.46. The Bertz CT molecular complexity index is 273. The minimum atomic E-state index is 0.276. The van der Waals surface area contributed by atoms with Crippen molar-refractivity contribution in [2.75, 3.05) is 18.1 Å². The van der Waals surface area contributed by atoms with Gasteiger partial charge in [0, 0.05) is 22.0 Å². The molecule has 0 amide bonds. The summed E-state index contributed by atoms with van der Waals surface area (Å²) in [7, 11) is 0. The van der Waals surface area contributed by atoms with E-state index in [1.54, 1.807) is 0 Å². The van der Waals surface area contributed by atoms with Gasteiger partial charge in [0.2, 0.25) is 0 Å². The van der Waals surface area contributed by atoms with Gasteiger partial charge in [-0.1, -0.05) is 6.92 Å². The maximum absolute atomic E-state index is 5.78. The number of nitrogens with two attached hydrogens (primary N) is 1. The Morgan fingerprint density at radius 1 is 1.53 bits per heavy atom. The van der Waals surface area contributed by atoms with Crippen molar-refractivity contribution >= 4 is 23.5 Å². The maximum atomic E-state index is 5.78. The first-order chi connectivity index (χ1) is 8.36. The van der Waals surface area contributed by atoms with Gasteiger partial charge < -0.3 is 4.74 Å². The third-order valence-corrected chi connectivity index (χ3v) is 6.71. The maximum Gasteiger partial charge on any atom is 0.0876 e. The zero-order valence-corrected chi connectivity index (χ0v) is 12.0. The van der Waals surface area contributed by atoms with Crippen molar-refractivity contribution in [1.29, 1.82) is 0 Å². The van der Waals surface area contributed by atoms with Gasteiger partial charge >= 0.3 is 0 Å². The molecule has 0 bridgehead atoms. The van der Waals surface area contributed by atoms with Crippen molar-refractivity contribution in [1.82, 2.24) is 5.43 Å². The summed E-state index contributed by atoms with van der Waals surface area (Å²) in [6.07, 6.45) is 5.38. The van der Waals surface area contributed by atoms with Crippen molar-refractivity contribution in [3.63, 3.8) is 0 Å². The third kappa shape index (κ3) is 3.34. The van der Waals surface area contributed by atoms with Crippen LogP contribution in [-0.4, -0.2) is 34.7 Å². The van der Waals surface area contributed by atoms with Gasteiger partial charge in [-0.05, 0) is 24.8 Å². The standard InChI is InChI=1S/C12H22N2OS2/c1-2-10-12(17-7-6-16-10)11(14-13)9-4-3-5-15-8-9/h8,10-12,14H,2-7,13H2,1H3. The summed E-state index contributed by atoms with van der Waals surface area (Å²) in [5.41, 5.74) is 4.37. The molecule has 2 aliphatic heterocycles. The number of hydrogen-bond acceptors (Lipinski definition) is 5. The molecule has 17 heavy (non-hydrogen) atoms. The van der Waals surface area contributed by atoms with Gasteiger partial charge in [-0.3, -0.25) is 11.3 Å². The van der Waals surface area contributed by atoms with Crippen molar-refractivity contribution in [2.24, 2.45) is 5.84 Å². The molecule has 2 rings (SSSR count). The Morgan fingerprint density at radius 2 is 2.35 bits per heavy atom. The van der Waals surface area contributed by atoms with Crippen LogP contribution in [0, 0.1) is 0 Å². The summed E-state index contributed by atoms with van der Waals surface area (Å²) in [5, 5.41) is 1.29. The Labute approximate surface area is 112 Å². The lowest BCUT2D eigenvalue weighted by Gasteiger charge is -2.37. The predicted octanol–water partition coefficient (Wildman–Crippen LogP) is 2.14. The summed E-state index contributed by atoms with van der Waals surface area (Å²) in [6.45, 7) is 3.13. The molecule has 0 aromatic rings. The fourth-order valence-corrected chi connectivity index (χ4v) is 5.72. The molecule has 1 fully saturated rings. The average molecular weight is 274 g/mol. The van der Waals surface area contributed by atoms with Gasteiger partial charge in [0.25, 0.3) is 0 Å². The minimum Gasteiger partial charge on any atom is -0.501 e. The normalized spacial score (nSPS) is 31.5. The lowest BCUT2D eigenvalue weighted by molar-refractivity contribution is 0.219. The highest BCUT2D eigenvalue weighted by atomic mass is 32.2. The van der Waals surface area contributed by atoms with E-state index in [4.69, 9.17) is 10.6 Å². The summed E-state index contributed by atoms with van der Waals surface area (Å²) in [4.78, 5) is 0. The van der Waals surface area contributed by atoms with Crippen LogP contribution in [0.2, 0.25) is 0 Å². The van der Waals surface area contributed by atoms with Crippen LogP contribution in [0.1, 0.15) is 26.2 Å². The molecule has 0 spiro atoms. The van der Waals surface area contributed by atoms with E-state index in [1.165, 1.54) is 23.5 Å². The van der Waals surface area contributed by atoms with Crippen LogP contribution in [-0.2, 0) is 4.74 Å². The quantitative estimate of drug-likeness (QED) is 0.607. The Morgan fingerprint density at radius 3 is 3.00 bits per heavy atom. The fraction of sp³-hybridized carbons (Fsp3) is 0.833. The van der Waals surface area contributed by atoms with Gasteiger partial charge in [0.05, 0.1) is 18.9 Å². The van der Waals surface area contributed by atoms with E-state index in [1.807, 2.05) is 6.26 Å². The molecule has 0 aromatic heterocycles. The number of ether oxygens (including phenoxy) is 1. The van der Waals surface area contributed by atoms with Crippen LogP contribution in [0.3, 0.4) is 0 Å². The van der Waals surface area contributed by atoms with Crippen molar-refractivity contribution in [3.8, 4) is 0 Å². The molecular formula is C12H22N2OS2. The Hall–Kier alpha value is 0.160. The van der Waals surface area contributed by atoms with Gasteiger partial charge in [-0.2, -0.15) is 23.5 Å². The smallest absolute Gasteiger partial charge is 0.0876 e. The molecule has 3 N–H and O–H groups in total. The second-order valence-corrected chi connectivity index (χ2v) is 7.10. The zero-order chi connectivity index (χ0) is 12.1. The predicted molar refractivity (Wildman–Crippen MR) is 77.2 cm³/mol. The van der Waals surface area contributed by atoms with Gasteiger partial charge in [0.1, 0.15) is 0 Å². The van der Waals surface area contributed by atoms with Gasteiger partial charge in [0.15, 0.2) is 0 Å². The SMILES string of the molecule is CCC1SCCSC1C(NN)C1=COCCC1. The van der Waals surface area contributed by atoms with Crippen LogP contribution in [0.5, 0.6) is 0 Å². The number of rotatable bonds is 4. The van der Waals surface area contributed by atoms with Crippen LogP contribution in [0.15, 0.2) is 11.8 Å². The monoisotopic (exact) mass is 274 g/mol. The number of nitrogens with one attached hydrogen (secondary N) is 1. The molecule has 0 saturated carbocycles. The second-order valence-electron chi connectivity index (χ2n) is 4.46. The van der Waals surface area contributed by atoms with Gasteiger partial charge in [-0.15, -0.1) is 0 Å². The molecule has 3 atom stereocenters. The Balaban J connectivity index is 2.07. The third-order valence-electron chi connectivity index (χ3n) is 3.36. The molecule has 2 heterocycles. The highest BCUT2D eigenvalue weighted by Gasteiger charge is 2.34. The summed E-state index contributed by atoms with van der Waals surface area (Å²) < 4.78 is 5.45. The summed E-state index contributed by atoms with van der Waals surface area (Å²) in [5.74, 6) is 8.29. The van der Waals surface area contributed by atoms with E-state index in [0.29, 0.717) is 10.5 Å². The number of thioether (sulfide) groups is 2. The van der Waals surface area contributed by atoms with E-state index in [2.05, 4.69) is 35.9 Å². The molecule has 0 radical (unpaired) electrons. The van der Waals surface area contributed by atoms with E-state index >= 15 is 0 Å². The molecular weight excluding hydrogens is 252 g/mol. The van der Waals surface area contributed by atoms with Crippen molar-refractivity contribution < 1.29 is 4.74 Å². The molecule has 0 aliphatic carbocycles. The molecule has 2 aliphatic rings. The lowest BCUT2D eigenvalue weighted by atomic mass is 9.97. The fourth-order valence-electron chi connectivity index (χ4n) is 2.47. The van der Waals surface area contributed by atoms with E-state index < -0.39 is 0 Å². The summed E-state index contributed by atoms with van der Waals surface area (Å²) >= 11 is 4.16. The molecule has 98 valence electrons. The molecule has 5 heteroatoms. The highest BCUT2D eigenvalue weighted by molar-refractivity contribution is 8.07. The largest absolute Gasteiger partial charge is 0.501 e. The topological polar surface area (TPSA) is 47.3 Å². The first kappa shape index (κ1) is 13.6. The van der Waals surface area contributed by atoms with E-state index in [0.717, 1.165) is 19.4 Å². The van der Waals surface area contributed by atoms with Crippen molar-refractivity contribution in [3.05, 3.63) is 11.8 Å². The molecule has 3 nitrogen and oxygen atoms in total. The summed E-state index contributed by atoms with van der Waals surface area (Å²) in [6, 6.07) is 0.276. The van der Waals surface area contributed by atoms with Crippen molar-refractivity contribution in [2.45, 2.75) is 42.7 Å². The first-order valence-electron chi connectivity index (χ1n) is 6.36. The minimum absolute atomic E-state index is 0.276. The highest BCUT2D eigenvalue weighted by Crippen LogP contribution is 2.37. The van der Waals surface area contributed by atoms with Crippen LogP contribution in [0.4, 0.5) is 0 Å². The number of hydrogen-bond donors (Lipinski definition) is 2. The van der Waals surface area contributed by atoms with Gasteiger partial charge in [-0.25, -0.2) is 0 Å². The Kier molecular flexibility index (Phi) is 5.53. The van der Waals surface area contributed by atoms with Crippen LogP contribution in [0.25, 0.3) is 0 Å². The molecule has 1 saturated heterocycles. The average Bonchev–Trinajstić information content (AvgIpc) is 2.41. The van der Waals surface area contributed by atoms with E-state index in [-0.39, 0.29) is 6.04 Å². The van der Waals surface area contributed by atoms with Crippen LogP contribution < -0.4 is 11.3 Å². The second kappa shape index (κ2) is 6.92. The molecule has 3 unspecified atom stereocenters.